The standard InChI is InChI=1S/C20H25ClN8O2/c1-13-16(14(2)26(3)23-13)11-27-5-7-28(8-6-27)20(30)15-9-17(21)18(10-19(15)31-4)29-12-22-24-25-29/h9-10,12H,5-8,11H2,1-4H3. The van der Waals surface area contributed by atoms with Crippen LogP contribution < -0.4 is 4.74 Å². The lowest BCUT2D eigenvalue weighted by atomic mass is 10.1. The summed E-state index contributed by atoms with van der Waals surface area (Å²) < 4.78 is 8.82. The van der Waals surface area contributed by atoms with Gasteiger partial charge in [-0.2, -0.15) is 9.78 Å². The Morgan fingerprint density at radius 2 is 1.94 bits per heavy atom. The second-order valence-corrected chi connectivity index (χ2v) is 8.01. The van der Waals surface area contributed by atoms with Gasteiger partial charge in [0, 0.05) is 57.1 Å². The van der Waals surface area contributed by atoms with Crippen LogP contribution in [0.2, 0.25) is 5.02 Å². The molecule has 31 heavy (non-hydrogen) atoms. The first kappa shape index (κ1) is 21.3. The molecule has 2 aromatic heterocycles. The first-order valence-corrected chi connectivity index (χ1v) is 10.4. The number of amides is 1. The third kappa shape index (κ3) is 4.13. The quantitative estimate of drug-likeness (QED) is 0.590. The molecule has 1 saturated heterocycles. The number of carbonyl (C=O) groups is 1. The van der Waals surface area contributed by atoms with Gasteiger partial charge in [-0.15, -0.1) is 5.10 Å². The number of methoxy groups -OCH3 is 1. The number of aromatic nitrogens is 6. The lowest BCUT2D eigenvalue weighted by molar-refractivity contribution is 0.0624. The highest BCUT2D eigenvalue weighted by Crippen LogP contribution is 2.30. The molecule has 10 nitrogen and oxygen atoms in total. The van der Waals surface area contributed by atoms with Crippen molar-refractivity contribution in [2.45, 2.75) is 20.4 Å². The summed E-state index contributed by atoms with van der Waals surface area (Å²) in [7, 11) is 3.49. The molecule has 0 aliphatic carbocycles. The molecule has 0 N–H and O–H groups in total. The number of halogens is 1. The highest BCUT2D eigenvalue weighted by molar-refractivity contribution is 6.33. The Morgan fingerprint density at radius 3 is 2.52 bits per heavy atom. The van der Waals surface area contributed by atoms with E-state index >= 15 is 0 Å². The normalized spacial score (nSPS) is 14.8. The molecule has 0 radical (unpaired) electrons. The average molecular weight is 445 g/mol. The highest BCUT2D eigenvalue weighted by Gasteiger charge is 2.26. The molecule has 1 fully saturated rings. The van der Waals surface area contributed by atoms with Crippen molar-refractivity contribution in [3.63, 3.8) is 0 Å². The molecule has 0 bridgehead atoms. The van der Waals surface area contributed by atoms with Crippen molar-refractivity contribution in [2.24, 2.45) is 7.05 Å². The molecule has 3 heterocycles. The van der Waals surface area contributed by atoms with Gasteiger partial charge >= 0.3 is 0 Å². The van der Waals surface area contributed by atoms with Gasteiger partial charge in [0.05, 0.1) is 29.1 Å². The average Bonchev–Trinajstić information content (AvgIpc) is 3.38. The van der Waals surface area contributed by atoms with E-state index in [4.69, 9.17) is 16.3 Å². The first-order valence-electron chi connectivity index (χ1n) is 10.0. The van der Waals surface area contributed by atoms with Gasteiger partial charge in [-0.05, 0) is 30.3 Å². The SMILES string of the molecule is COc1cc(-n2cnnn2)c(Cl)cc1C(=O)N1CCN(Cc2c(C)nn(C)c2C)CC1. The van der Waals surface area contributed by atoms with E-state index in [1.54, 1.807) is 12.1 Å². The third-order valence-electron chi connectivity index (χ3n) is 5.80. The molecule has 1 amide bonds. The van der Waals surface area contributed by atoms with Crippen LogP contribution in [0.25, 0.3) is 5.69 Å². The predicted molar refractivity (Wildman–Crippen MR) is 115 cm³/mol. The predicted octanol–water partition coefficient (Wildman–Crippen LogP) is 1.63. The molecule has 0 saturated carbocycles. The monoisotopic (exact) mass is 444 g/mol. The van der Waals surface area contributed by atoms with E-state index in [0.29, 0.717) is 35.1 Å². The molecular formula is C20H25ClN8O2. The van der Waals surface area contributed by atoms with E-state index in [-0.39, 0.29) is 5.91 Å². The van der Waals surface area contributed by atoms with Gasteiger partial charge in [0.2, 0.25) is 0 Å². The summed E-state index contributed by atoms with van der Waals surface area (Å²) in [6, 6.07) is 3.30. The van der Waals surface area contributed by atoms with Gasteiger partial charge < -0.3 is 9.64 Å². The Kier molecular flexibility index (Phi) is 5.92. The second-order valence-electron chi connectivity index (χ2n) is 7.60. The fourth-order valence-corrected chi connectivity index (χ4v) is 4.13. The maximum Gasteiger partial charge on any atom is 0.257 e. The summed E-state index contributed by atoms with van der Waals surface area (Å²) in [5.41, 5.74) is 4.47. The molecule has 11 heteroatoms. The van der Waals surface area contributed by atoms with E-state index in [1.165, 1.54) is 29.4 Å². The van der Waals surface area contributed by atoms with Crippen LogP contribution in [0, 0.1) is 13.8 Å². The van der Waals surface area contributed by atoms with Crippen LogP contribution in [0.1, 0.15) is 27.3 Å². The second kappa shape index (κ2) is 8.64. The van der Waals surface area contributed by atoms with E-state index in [2.05, 4.69) is 32.4 Å². The molecule has 0 unspecified atom stereocenters. The van der Waals surface area contributed by atoms with Crippen molar-refractivity contribution in [3.05, 3.63) is 46.0 Å². The smallest absolute Gasteiger partial charge is 0.257 e. The minimum atomic E-state index is -0.101. The summed E-state index contributed by atoms with van der Waals surface area (Å²) in [5, 5.41) is 16.0. The van der Waals surface area contributed by atoms with Gasteiger partial charge in [-0.1, -0.05) is 11.6 Å². The Labute approximate surface area is 185 Å². The number of nitrogens with zero attached hydrogens (tertiary/aromatic N) is 8. The number of hydrogen-bond acceptors (Lipinski definition) is 7. The van der Waals surface area contributed by atoms with Crippen LogP contribution >= 0.6 is 11.6 Å². The highest BCUT2D eigenvalue weighted by atomic mass is 35.5. The number of ether oxygens (including phenoxy) is 1. The lowest BCUT2D eigenvalue weighted by Crippen LogP contribution is -2.48. The summed E-state index contributed by atoms with van der Waals surface area (Å²) >= 11 is 6.42. The van der Waals surface area contributed by atoms with Crippen molar-refractivity contribution in [1.29, 1.82) is 0 Å². The topological polar surface area (TPSA) is 94.2 Å². The number of hydrogen-bond donors (Lipinski definition) is 0. The number of piperazine rings is 1. The van der Waals surface area contributed by atoms with Crippen LogP contribution in [0.15, 0.2) is 18.5 Å². The zero-order chi connectivity index (χ0) is 22.1. The number of rotatable bonds is 5. The van der Waals surface area contributed by atoms with Crippen LogP contribution in [0.4, 0.5) is 0 Å². The van der Waals surface area contributed by atoms with Crippen LogP contribution in [0.3, 0.4) is 0 Å². The van der Waals surface area contributed by atoms with E-state index < -0.39 is 0 Å². The first-order chi connectivity index (χ1) is 14.9. The molecular weight excluding hydrogens is 420 g/mol. The minimum absolute atomic E-state index is 0.101. The molecule has 3 aromatic rings. The third-order valence-corrected chi connectivity index (χ3v) is 6.10. The largest absolute Gasteiger partial charge is 0.496 e. The maximum atomic E-state index is 13.2. The summed E-state index contributed by atoms with van der Waals surface area (Å²) in [6.45, 7) is 7.81. The number of carbonyl (C=O) groups excluding carboxylic acids is 1. The summed E-state index contributed by atoms with van der Waals surface area (Å²) in [4.78, 5) is 17.4. The van der Waals surface area contributed by atoms with Gasteiger partial charge in [0.15, 0.2) is 0 Å². The number of benzene rings is 1. The fraction of sp³-hybridized carbons (Fsp3) is 0.450. The van der Waals surface area contributed by atoms with Crippen molar-refractivity contribution in [2.75, 3.05) is 33.3 Å². The Hall–Kier alpha value is -2.98. The van der Waals surface area contributed by atoms with Crippen molar-refractivity contribution >= 4 is 17.5 Å². The van der Waals surface area contributed by atoms with Gasteiger partial charge in [-0.3, -0.25) is 14.4 Å². The van der Waals surface area contributed by atoms with Crippen LogP contribution in [-0.2, 0) is 13.6 Å². The fourth-order valence-electron chi connectivity index (χ4n) is 3.88. The molecule has 0 atom stereocenters. The van der Waals surface area contributed by atoms with E-state index in [0.717, 1.165) is 25.3 Å². The summed E-state index contributed by atoms with van der Waals surface area (Å²) in [5.74, 6) is 0.333. The molecule has 164 valence electrons. The Morgan fingerprint density at radius 1 is 1.19 bits per heavy atom. The van der Waals surface area contributed by atoms with E-state index in [1.807, 2.05) is 23.6 Å². The van der Waals surface area contributed by atoms with E-state index in [9.17, 15) is 4.79 Å². The summed E-state index contributed by atoms with van der Waals surface area (Å²) in [6.07, 6.45) is 1.44. The zero-order valence-electron chi connectivity index (χ0n) is 18.0. The Balaban J connectivity index is 1.47. The van der Waals surface area contributed by atoms with Crippen molar-refractivity contribution < 1.29 is 9.53 Å². The van der Waals surface area contributed by atoms with Gasteiger partial charge in [0.1, 0.15) is 12.1 Å². The molecule has 4 rings (SSSR count). The van der Waals surface area contributed by atoms with Crippen LogP contribution in [-0.4, -0.2) is 79.0 Å². The number of tetrazole rings is 1. The van der Waals surface area contributed by atoms with Gasteiger partial charge in [0.25, 0.3) is 5.91 Å². The van der Waals surface area contributed by atoms with Crippen molar-refractivity contribution in [1.82, 2.24) is 39.8 Å². The molecule has 1 aliphatic heterocycles. The number of aryl methyl sites for hydroxylation is 2. The lowest BCUT2D eigenvalue weighted by Gasteiger charge is -2.35. The molecule has 1 aliphatic rings. The molecule has 0 spiro atoms. The minimum Gasteiger partial charge on any atom is -0.496 e. The maximum absolute atomic E-state index is 13.2. The Bertz CT molecular complexity index is 1090. The zero-order valence-corrected chi connectivity index (χ0v) is 18.8. The van der Waals surface area contributed by atoms with Crippen molar-refractivity contribution in [3.8, 4) is 11.4 Å². The van der Waals surface area contributed by atoms with Gasteiger partial charge in [-0.25, -0.2) is 0 Å². The van der Waals surface area contributed by atoms with Crippen LogP contribution in [0.5, 0.6) is 5.75 Å². The molecule has 1 aromatic carbocycles.